The molecule has 0 fully saturated rings. The van der Waals surface area contributed by atoms with E-state index < -0.39 is 5.91 Å². The number of carbonyl (C=O) groups is 2. The fourth-order valence-electron chi connectivity index (χ4n) is 2.28. The van der Waals surface area contributed by atoms with Crippen LogP contribution in [0, 0.1) is 6.92 Å². The van der Waals surface area contributed by atoms with Crippen LogP contribution in [0.5, 0.6) is 11.5 Å². The first-order valence-electron chi connectivity index (χ1n) is 8.09. The summed E-state index contributed by atoms with van der Waals surface area (Å²) in [5.74, 6) is 0.101. The first-order chi connectivity index (χ1) is 12.5. The molecule has 0 radical (unpaired) electrons. The van der Waals surface area contributed by atoms with E-state index in [9.17, 15) is 9.59 Å². The molecule has 2 aromatic carbocycles. The first kappa shape index (κ1) is 19.1. The number of amides is 2. The molecule has 0 saturated heterocycles. The van der Waals surface area contributed by atoms with Gasteiger partial charge in [-0.3, -0.25) is 9.59 Å². The molecule has 0 unspecified atom stereocenters. The van der Waals surface area contributed by atoms with Gasteiger partial charge in [0.2, 0.25) is 5.91 Å². The number of rotatable bonds is 8. The predicted octanol–water partition coefficient (Wildman–Crippen LogP) is 2.20. The van der Waals surface area contributed by atoms with Gasteiger partial charge in [-0.1, -0.05) is 30.3 Å². The number of hydrogen-bond donors (Lipinski definition) is 2. The number of nitrogens with one attached hydrogen (secondary N) is 1. The van der Waals surface area contributed by atoms with Crippen LogP contribution in [0.15, 0.2) is 48.5 Å². The summed E-state index contributed by atoms with van der Waals surface area (Å²) in [7, 11) is 1.49. The Kier molecular flexibility index (Phi) is 6.79. The standard InChI is InChI=1S/C20H22N2O4/c1-14-5-3-4-6-16(14)12-22-20(24)10-8-15-7-9-17(18(11-15)25-2)26-13-19(21)23/h3-11H,12-13H2,1-2H3,(H2,21,23)(H,22,24)/b10-8+. The van der Waals surface area contributed by atoms with Crippen molar-refractivity contribution in [3.63, 3.8) is 0 Å². The Morgan fingerprint density at radius 2 is 1.92 bits per heavy atom. The number of nitrogens with two attached hydrogens (primary N) is 1. The Bertz CT molecular complexity index is 815. The van der Waals surface area contributed by atoms with Crippen molar-refractivity contribution in [2.75, 3.05) is 13.7 Å². The normalized spacial score (nSPS) is 10.5. The van der Waals surface area contributed by atoms with E-state index in [2.05, 4.69) is 5.32 Å². The minimum absolute atomic E-state index is 0.193. The van der Waals surface area contributed by atoms with E-state index in [0.29, 0.717) is 18.0 Å². The number of methoxy groups -OCH3 is 1. The number of primary amides is 1. The van der Waals surface area contributed by atoms with E-state index in [-0.39, 0.29) is 12.5 Å². The van der Waals surface area contributed by atoms with Crippen molar-refractivity contribution in [3.8, 4) is 11.5 Å². The summed E-state index contributed by atoms with van der Waals surface area (Å²) in [5.41, 5.74) is 8.03. The summed E-state index contributed by atoms with van der Waals surface area (Å²) in [6.07, 6.45) is 3.13. The second kappa shape index (κ2) is 9.27. The van der Waals surface area contributed by atoms with Gasteiger partial charge in [-0.2, -0.15) is 0 Å². The molecule has 0 spiro atoms. The quantitative estimate of drug-likeness (QED) is 0.711. The van der Waals surface area contributed by atoms with Gasteiger partial charge < -0.3 is 20.5 Å². The van der Waals surface area contributed by atoms with Gasteiger partial charge in [0.05, 0.1) is 7.11 Å². The zero-order valence-electron chi connectivity index (χ0n) is 14.8. The summed E-state index contributed by atoms with van der Waals surface area (Å²) in [5, 5.41) is 2.85. The van der Waals surface area contributed by atoms with E-state index >= 15 is 0 Å². The molecule has 0 aliphatic heterocycles. The van der Waals surface area contributed by atoms with E-state index in [4.69, 9.17) is 15.2 Å². The number of aryl methyl sites for hydroxylation is 1. The van der Waals surface area contributed by atoms with Crippen LogP contribution in [-0.4, -0.2) is 25.5 Å². The Morgan fingerprint density at radius 3 is 2.62 bits per heavy atom. The fraction of sp³-hybridized carbons (Fsp3) is 0.200. The van der Waals surface area contributed by atoms with Crippen molar-refractivity contribution < 1.29 is 19.1 Å². The molecule has 2 rings (SSSR count). The predicted molar refractivity (Wildman–Crippen MR) is 99.7 cm³/mol. The van der Waals surface area contributed by atoms with Gasteiger partial charge in [-0.05, 0) is 41.8 Å². The highest BCUT2D eigenvalue weighted by atomic mass is 16.5. The lowest BCUT2D eigenvalue weighted by molar-refractivity contribution is -0.120. The third-order valence-corrected chi connectivity index (χ3v) is 3.70. The fourth-order valence-corrected chi connectivity index (χ4v) is 2.28. The monoisotopic (exact) mass is 354 g/mol. The molecular formula is C20H22N2O4. The van der Waals surface area contributed by atoms with Crippen molar-refractivity contribution in [2.24, 2.45) is 5.73 Å². The maximum Gasteiger partial charge on any atom is 0.255 e. The average molecular weight is 354 g/mol. The smallest absolute Gasteiger partial charge is 0.255 e. The van der Waals surface area contributed by atoms with Crippen LogP contribution in [0.2, 0.25) is 0 Å². The van der Waals surface area contributed by atoms with E-state index in [1.807, 2.05) is 31.2 Å². The molecule has 136 valence electrons. The summed E-state index contributed by atoms with van der Waals surface area (Å²) < 4.78 is 10.5. The number of carbonyl (C=O) groups excluding carboxylic acids is 2. The molecule has 6 heteroatoms. The maximum atomic E-state index is 12.0. The van der Waals surface area contributed by atoms with Crippen molar-refractivity contribution in [1.29, 1.82) is 0 Å². The number of ether oxygens (including phenoxy) is 2. The Balaban J connectivity index is 1.97. The van der Waals surface area contributed by atoms with Crippen LogP contribution in [-0.2, 0) is 16.1 Å². The summed E-state index contributed by atoms with van der Waals surface area (Å²) >= 11 is 0. The van der Waals surface area contributed by atoms with Crippen molar-refractivity contribution >= 4 is 17.9 Å². The van der Waals surface area contributed by atoms with Gasteiger partial charge in [-0.25, -0.2) is 0 Å². The van der Waals surface area contributed by atoms with Crippen molar-refractivity contribution in [1.82, 2.24) is 5.32 Å². The van der Waals surface area contributed by atoms with Gasteiger partial charge in [0.25, 0.3) is 5.91 Å². The Labute approximate surface area is 152 Å². The van der Waals surface area contributed by atoms with Gasteiger partial charge in [0.1, 0.15) is 0 Å². The zero-order chi connectivity index (χ0) is 18.9. The molecule has 2 amide bonds. The minimum atomic E-state index is -0.568. The van der Waals surface area contributed by atoms with E-state index in [1.54, 1.807) is 24.3 Å². The minimum Gasteiger partial charge on any atom is -0.493 e. The number of benzene rings is 2. The second-order valence-corrected chi connectivity index (χ2v) is 5.64. The van der Waals surface area contributed by atoms with Gasteiger partial charge in [0, 0.05) is 12.6 Å². The van der Waals surface area contributed by atoms with Crippen LogP contribution in [0.25, 0.3) is 6.08 Å². The van der Waals surface area contributed by atoms with Crippen LogP contribution in [0.1, 0.15) is 16.7 Å². The topological polar surface area (TPSA) is 90.7 Å². The molecule has 0 aromatic heterocycles. The molecule has 0 atom stereocenters. The highest BCUT2D eigenvalue weighted by molar-refractivity contribution is 5.91. The van der Waals surface area contributed by atoms with Gasteiger partial charge >= 0.3 is 0 Å². The third kappa shape index (κ3) is 5.66. The Morgan fingerprint density at radius 1 is 1.15 bits per heavy atom. The van der Waals surface area contributed by atoms with Crippen LogP contribution < -0.4 is 20.5 Å². The largest absolute Gasteiger partial charge is 0.493 e. The lowest BCUT2D eigenvalue weighted by Crippen LogP contribution is -2.20. The molecule has 26 heavy (non-hydrogen) atoms. The van der Waals surface area contributed by atoms with E-state index in [0.717, 1.165) is 16.7 Å². The van der Waals surface area contributed by atoms with Crippen molar-refractivity contribution in [2.45, 2.75) is 13.5 Å². The molecule has 0 bridgehead atoms. The van der Waals surface area contributed by atoms with Gasteiger partial charge in [0.15, 0.2) is 18.1 Å². The summed E-state index contributed by atoms with van der Waals surface area (Å²) in [6, 6.07) is 13.0. The number of hydrogen-bond acceptors (Lipinski definition) is 4. The first-order valence-corrected chi connectivity index (χ1v) is 8.09. The zero-order valence-corrected chi connectivity index (χ0v) is 14.8. The third-order valence-electron chi connectivity index (χ3n) is 3.70. The van der Waals surface area contributed by atoms with Gasteiger partial charge in [-0.15, -0.1) is 0 Å². The van der Waals surface area contributed by atoms with Crippen LogP contribution in [0.3, 0.4) is 0 Å². The molecule has 3 N–H and O–H groups in total. The second-order valence-electron chi connectivity index (χ2n) is 5.64. The molecule has 0 heterocycles. The highest BCUT2D eigenvalue weighted by Gasteiger charge is 2.06. The molecule has 2 aromatic rings. The van der Waals surface area contributed by atoms with Crippen molar-refractivity contribution in [3.05, 3.63) is 65.2 Å². The molecule has 0 aliphatic carbocycles. The SMILES string of the molecule is COc1cc(/C=C/C(=O)NCc2ccccc2C)ccc1OCC(N)=O. The summed E-state index contributed by atoms with van der Waals surface area (Å²) in [6.45, 7) is 2.25. The lowest BCUT2D eigenvalue weighted by atomic mass is 10.1. The Hall–Kier alpha value is -3.28. The van der Waals surface area contributed by atoms with Crippen LogP contribution >= 0.6 is 0 Å². The summed E-state index contributed by atoms with van der Waals surface area (Å²) in [4.78, 5) is 22.8. The molecule has 0 saturated carbocycles. The maximum absolute atomic E-state index is 12.0. The lowest BCUT2D eigenvalue weighted by Gasteiger charge is -2.10. The van der Waals surface area contributed by atoms with E-state index in [1.165, 1.54) is 13.2 Å². The molecule has 6 nitrogen and oxygen atoms in total. The average Bonchev–Trinajstić information content (AvgIpc) is 2.64. The van der Waals surface area contributed by atoms with Crippen LogP contribution in [0.4, 0.5) is 0 Å². The molecule has 0 aliphatic rings. The molecular weight excluding hydrogens is 332 g/mol. The highest BCUT2D eigenvalue weighted by Crippen LogP contribution is 2.28.